The van der Waals surface area contributed by atoms with E-state index < -0.39 is 18.0 Å². The van der Waals surface area contributed by atoms with Crippen LogP contribution in [-0.4, -0.2) is 12.1 Å². The van der Waals surface area contributed by atoms with E-state index in [9.17, 15) is 18.0 Å². The molecule has 0 heterocycles. The van der Waals surface area contributed by atoms with Crippen LogP contribution in [0.4, 0.5) is 18.9 Å². The van der Waals surface area contributed by atoms with E-state index in [-0.39, 0.29) is 18.7 Å². The topological polar surface area (TPSA) is 29.1 Å². The highest BCUT2D eigenvalue weighted by Crippen LogP contribution is 2.40. The summed E-state index contributed by atoms with van der Waals surface area (Å²) in [5.74, 6) is -2.22. The van der Waals surface area contributed by atoms with Crippen LogP contribution >= 0.6 is 15.9 Å². The fraction of sp³-hybridized carbons (Fsp3) is 0.500. The summed E-state index contributed by atoms with van der Waals surface area (Å²) < 4.78 is 39.0. The molecule has 2 unspecified atom stereocenters. The van der Waals surface area contributed by atoms with E-state index >= 15 is 0 Å². The maximum Gasteiger partial charge on any atom is 0.391 e. The van der Waals surface area contributed by atoms with E-state index in [1.54, 1.807) is 24.3 Å². The van der Waals surface area contributed by atoms with Gasteiger partial charge >= 0.3 is 6.18 Å². The van der Waals surface area contributed by atoms with Crippen molar-refractivity contribution in [2.45, 2.75) is 31.9 Å². The Hall–Kier alpha value is -1.04. The minimum Gasteiger partial charge on any atom is -0.326 e. The largest absolute Gasteiger partial charge is 0.391 e. The van der Waals surface area contributed by atoms with E-state index in [2.05, 4.69) is 21.2 Å². The zero-order valence-electron chi connectivity index (χ0n) is 10.7. The summed E-state index contributed by atoms with van der Waals surface area (Å²) >= 11 is 3.28. The molecule has 2 rings (SSSR count). The van der Waals surface area contributed by atoms with Crippen LogP contribution in [0, 0.1) is 11.8 Å². The van der Waals surface area contributed by atoms with Crippen molar-refractivity contribution >= 4 is 27.5 Å². The molecule has 1 fully saturated rings. The van der Waals surface area contributed by atoms with Crippen molar-refractivity contribution in [3.05, 3.63) is 28.7 Å². The Balaban J connectivity index is 1.97. The molecule has 0 radical (unpaired) electrons. The third kappa shape index (κ3) is 3.98. The van der Waals surface area contributed by atoms with Gasteiger partial charge in [0.2, 0.25) is 5.91 Å². The highest BCUT2D eigenvalue weighted by molar-refractivity contribution is 9.10. The third-order valence-corrected chi connectivity index (χ3v) is 4.15. The number of amides is 1. The first-order chi connectivity index (χ1) is 9.36. The molecule has 0 spiro atoms. The number of carbonyl (C=O) groups excluding carboxylic acids is 1. The lowest BCUT2D eigenvalue weighted by atomic mass is 9.80. The molecule has 0 aromatic heterocycles. The van der Waals surface area contributed by atoms with Gasteiger partial charge in [0.15, 0.2) is 0 Å². The molecule has 1 saturated carbocycles. The van der Waals surface area contributed by atoms with Gasteiger partial charge in [0.05, 0.1) is 5.92 Å². The molecule has 20 heavy (non-hydrogen) atoms. The van der Waals surface area contributed by atoms with Crippen LogP contribution in [0.2, 0.25) is 0 Å². The molecule has 110 valence electrons. The number of carbonyl (C=O) groups is 1. The van der Waals surface area contributed by atoms with Crippen LogP contribution in [0.25, 0.3) is 0 Å². The standard InChI is InChI=1S/C14H15BrF3NO/c15-11-4-6-12(7-5-11)19-13(20)9-2-1-3-10(8-9)14(16,17)18/h4-7,9-10H,1-3,8H2,(H,19,20). The number of anilines is 1. The quantitative estimate of drug-likeness (QED) is 0.819. The maximum absolute atomic E-state index is 12.7. The summed E-state index contributed by atoms with van der Waals surface area (Å²) in [7, 11) is 0. The molecular formula is C14H15BrF3NO. The fourth-order valence-corrected chi connectivity index (χ4v) is 2.77. The van der Waals surface area contributed by atoms with Crippen molar-refractivity contribution in [1.29, 1.82) is 0 Å². The Morgan fingerprint density at radius 2 is 1.85 bits per heavy atom. The van der Waals surface area contributed by atoms with Crippen LogP contribution in [-0.2, 0) is 4.79 Å². The van der Waals surface area contributed by atoms with Crippen LogP contribution in [0.15, 0.2) is 28.7 Å². The molecule has 2 atom stereocenters. The van der Waals surface area contributed by atoms with E-state index in [4.69, 9.17) is 0 Å². The Morgan fingerprint density at radius 3 is 2.45 bits per heavy atom. The van der Waals surface area contributed by atoms with Crippen molar-refractivity contribution < 1.29 is 18.0 Å². The first-order valence-electron chi connectivity index (χ1n) is 6.49. The van der Waals surface area contributed by atoms with Crippen molar-refractivity contribution in [2.24, 2.45) is 11.8 Å². The minimum atomic E-state index is -4.20. The van der Waals surface area contributed by atoms with Crippen molar-refractivity contribution in [2.75, 3.05) is 5.32 Å². The van der Waals surface area contributed by atoms with E-state index in [0.29, 0.717) is 18.5 Å². The zero-order chi connectivity index (χ0) is 14.8. The molecular weight excluding hydrogens is 335 g/mol. The summed E-state index contributed by atoms with van der Waals surface area (Å²) in [5.41, 5.74) is 0.604. The fourth-order valence-electron chi connectivity index (χ4n) is 2.50. The number of alkyl halides is 3. The molecule has 1 amide bonds. The lowest BCUT2D eigenvalue weighted by molar-refractivity contribution is -0.185. The number of rotatable bonds is 2. The van der Waals surface area contributed by atoms with Crippen LogP contribution in [0.5, 0.6) is 0 Å². The van der Waals surface area contributed by atoms with Crippen molar-refractivity contribution in [3.8, 4) is 0 Å². The van der Waals surface area contributed by atoms with Gasteiger partial charge in [-0.3, -0.25) is 4.79 Å². The Bertz CT molecular complexity index is 472. The lowest BCUT2D eigenvalue weighted by Gasteiger charge is -2.29. The van der Waals surface area contributed by atoms with Gasteiger partial charge in [-0.1, -0.05) is 22.4 Å². The average Bonchev–Trinajstić information content (AvgIpc) is 2.40. The molecule has 6 heteroatoms. The minimum absolute atomic E-state index is 0.105. The average molecular weight is 350 g/mol. The van der Waals surface area contributed by atoms with E-state index in [1.807, 2.05) is 0 Å². The van der Waals surface area contributed by atoms with Gasteiger partial charge in [-0.15, -0.1) is 0 Å². The number of hydrogen-bond acceptors (Lipinski definition) is 1. The summed E-state index contributed by atoms with van der Waals surface area (Å²) in [6.45, 7) is 0. The zero-order valence-corrected chi connectivity index (χ0v) is 12.3. The van der Waals surface area contributed by atoms with E-state index in [1.165, 1.54) is 0 Å². The van der Waals surface area contributed by atoms with Crippen molar-refractivity contribution in [1.82, 2.24) is 0 Å². The first kappa shape index (κ1) is 15.4. The van der Waals surface area contributed by atoms with Crippen molar-refractivity contribution in [3.63, 3.8) is 0 Å². The predicted octanol–water partition coefficient (Wildman–Crippen LogP) is 4.76. The van der Waals surface area contributed by atoms with Gasteiger partial charge in [0.25, 0.3) is 0 Å². The second-order valence-electron chi connectivity index (χ2n) is 5.10. The Kier molecular flexibility index (Phi) is 4.73. The number of nitrogens with one attached hydrogen (secondary N) is 1. The van der Waals surface area contributed by atoms with Gasteiger partial charge in [-0.05, 0) is 43.5 Å². The first-order valence-corrected chi connectivity index (χ1v) is 7.28. The Morgan fingerprint density at radius 1 is 1.20 bits per heavy atom. The second-order valence-corrected chi connectivity index (χ2v) is 6.01. The monoisotopic (exact) mass is 349 g/mol. The molecule has 1 N–H and O–H groups in total. The molecule has 0 bridgehead atoms. The third-order valence-electron chi connectivity index (χ3n) is 3.62. The molecule has 1 aliphatic carbocycles. The molecule has 2 nitrogen and oxygen atoms in total. The molecule has 1 aromatic rings. The predicted molar refractivity (Wildman–Crippen MR) is 74.3 cm³/mol. The van der Waals surface area contributed by atoms with Gasteiger partial charge in [0.1, 0.15) is 0 Å². The van der Waals surface area contributed by atoms with Crippen LogP contribution in [0.3, 0.4) is 0 Å². The molecule has 0 aliphatic heterocycles. The molecule has 1 aromatic carbocycles. The number of hydrogen-bond donors (Lipinski definition) is 1. The molecule has 0 saturated heterocycles. The van der Waals surface area contributed by atoms with Crippen LogP contribution < -0.4 is 5.32 Å². The summed E-state index contributed by atoms with van der Waals surface area (Å²) in [4.78, 5) is 12.0. The second kappa shape index (κ2) is 6.16. The maximum atomic E-state index is 12.7. The summed E-state index contributed by atoms with van der Waals surface area (Å²) in [6, 6.07) is 6.97. The van der Waals surface area contributed by atoms with Gasteiger partial charge in [0, 0.05) is 16.1 Å². The normalized spacial score (nSPS) is 23.4. The highest BCUT2D eigenvalue weighted by atomic mass is 79.9. The molecule has 1 aliphatic rings. The highest BCUT2D eigenvalue weighted by Gasteiger charge is 2.43. The summed E-state index contributed by atoms with van der Waals surface area (Å²) in [6.07, 6.45) is -3.20. The lowest BCUT2D eigenvalue weighted by Crippen LogP contribution is -2.34. The van der Waals surface area contributed by atoms with Crippen LogP contribution in [0.1, 0.15) is 25.7 Å². The number of halogens is 4. The van der Waals surface area contributed by atoms with E-state index in [0.717, 1.165) is 4.47 Å². The van der Waals surface area contributed by atoms with Gasteiger partial charge < -0.3 is 5.32 Å². The smallest absolute Gasteiger partial charge is 0.326 e. The SMILES string of the molecule is O=C(Nc1ccc(Br)cc1)C1CCCC(C(F)(F)F)C1. The summed E-state index contributed by atoms with van der Waals surface area (Å²) in [5, 5.41) is 2.68. The Labute approximate surface area is 123 Å². The van der Waals surface area contributed by atoms with Gasteiger partial charge in [-0.2, -0.15) is 13.2 Å². The number of benzene rings is 1. The van der Waals surface area contributed by atoms with Gasteiger partial charge in [-0.25, -0.2) is 0 Å².